The van der Waals surface area contributed by atoms with Crippen LogP contribution < -0.4 is 5.32 Å². The first-order chi connectivity index (χ1) is 14.6. The molecule has 1 aliphatic rings. The van der Waals surface area contributed by atoms with Gasteiger partial charge in [-0.25, -0.2) is 9.97 Å². The molecule has 152 valence electrons. The Kier molecular flexibility index (Phi) is 4.58. The fraction of sp³-hybridized carbons (Fsp3) is 0.304. The second kappa shape index (κ2) is 7.40. The number of rotatable bonds is 4. The monoisotopic (exact) mass is 401 g/mol. The largest absolute Gasteiger partial charge is 0.343 e. The van der Waals surface area contributed by atoms with E-state index >= 15 is 0 Å². The van der Waals surface area contributed by atoms with Crippen LogP contribution in [0.15, 0.2) is 42.5 Å². The van der Waals surface area contributed by atoms with Crippen molar-refractivity contribution < 1.29 is 9.59 Å². The Balaban J connectivity index is 1.42. The van der Waals surface area contributed by atoms with Crippen LogP contribution in [0.25, 0.3) is 21.9 Å². The van der Waals surface area contributed by atoms with Crippen molar-refractivity contribution in [3.05, 3.63) is 59.5 Å². The summed E-state index contributed by atoms with van der Waals surface area (Å²) in [4.78, 5) is 33.2. The van der Waals surface area contributed by atoms with Crippen LogP contribution in [0.1, 0.15) is 66.4 Å². The molecule has 0 aliphatic heterocycles. The first-order valence-corrected chi connectivity index (χ1v) is 10.3. The molecule has 0 radical (unpaired) electrons. The van der Waals surface area contributed by atoms with Crippen molar-refractivity contribution in [1.82, 2.24) is 25.5 Å². The number of aromatic amines is 2. The van der Waals surface area contributed by atoms with Gasteiger partial charge in [-0.2, -0.15) is 0 Å². The summed E-state index contributed by atoms with van der Waals surface area (Å²) in [5.74, 6) is 0.556. The van der Waals surface area contributed by atoms with Gasteiger partial charge in [0.15, 0.2) is 0 Å². The zero-order chi connectivity index (χ0) is 20.7. The predicted molar refractivity (Wildman–Crippen MR) is 114 cm³/mol. The number of carbonyl (C=O) groups excluding carboxylic acids is 2. The third-order valence-electron chi connectivity index (χ3n) is 5.99. The molecular weight excluding hydrogens is 378 g/mol. The Hall–Kier alpha value is -3.48. The molecule has 1 aliphatic carbocycles. The second-order valence-electron chi connectivity index (χ2n) is 8.02. The Labute approximate surface area is 173 Å². The topological polar surface area (TPSA) is 104 Å². The van der Waals surface area contributed by atoms with E-state index in [0.717, 1.165) is 35.0 Å². The van der Waals surface area contributed by atoms with Crippen LogP contribution in [0.5, 0.6) is 0 Å². The van der Waals surface area contributed by atoms with Gasteiger partial charge < -0.3 is 15.5 Å². The highest BCUT2D eigenvalue weighted by molar-refractivity contribution is 5.99. The molecule has 2 aromatic heterocycles. The molecule has 1 amide bonds. The highest BCUT2D eigenvalue weighted by Crippen LogP contribution is 2.35. The number of aromatic nitrogens is 4. The Morgan fingerprint density at radius 3 is 2.50 bits per heavy atom. The summed E-state index contributed by atoms with van der Waals surface area (Å²) < 4.78 is 0. The standard InChI is InChI=1S/C23H23N5O2/c1-13(14-5-3-2-4-6-14)24-23(30)22-25-19-11-17-18(12-20(19)26-22)27-28-21(17)15-7-9-16(29)10-8-15/h2-6,11-13,15,27-28H,7-10H2,1H3,(H,24,30)/t13-/m1/s1. The maximum absolute atomic E-state index is 12.7. The summed E-state index contributed by atoms with van der Waals surface area (Å²) in [6.07, 6.45) is 2.98. The van der Waals surface area contributed by atoms with Crippen LogP contribution in [-0.2, 0) is 4.79 Å². The summed E-state index contributed by atoms with van der Waals surface area (Å²) in [5, 5.41) is 10.5. The van der Waals surface area contributed by atoms with E-state index in [0.29, 0.717) is 35.6 Å². The minimum atomic E-state index is -0.288. The Bertz CT molecular complexity index is 1230. The molecule has 0 unspecified atom stereocenters. The summed E-state index contributed by atoms with van der Waals surface area (Å²) in [5.41, 5.74) is 4.44. The number of fused-ring (bicyclic) bond motifs is 2. The maximum Gasteiger partial charge on any atom is 0.289 e. The molecule has 0 saturated heterocycles. The number of carbonyl (C=O) groups is 2. The third kappa shape index (κ3) is 3.36. The molecule has 1 saturated carbocycles. The van der Waals surface area contributed by atoms with Crippen molar-refractivity contribution in [1.29, 1.82) is 0 Å². The van der Waals surface area contributed by atoms with E-state index in [2.05, 4.69) is 25.5 Å². The first kappa shape index (κ1) is 18.5. The van der Waals surface area contributed by atoms with Gasteiger partial charge in [-0.15, -0.1) is 0 Å². The maximum atomic E-state index is 12.7. The van der Waals surface area contributed by atoms with Crippen molar-refractivity contribution in [2.75, 3.05) is 0 Å². The lowest BCUT2D eigenvalue weighted by Gasteiger charge is -2.19. The predicted octanol–water partition coefficient (Wildman–Crippen LogP) is 4.16. The quantitative estimate of drug-likeness (QED) is 0.478. The van der Waals surface area contributed by atoms with E-state index < -0.39 is 0 Å². The number of nitrogens with one attached hydrogen (secondary N) is 3. The molecule has 5 rings (SSSR count). The minimum Gasteiger partial charge on any atom is -0.343 e. The van der Waals surface area contributed by atoms with Crippen molar-refractivity contribution in [3.63, 3.8) is 0 Å². The van der Waals surface area contributed by atoms with Crippen molar-refractivity contribution in [2.24, 2.45) is 0 Å². The van der Waals surface area contributed by atoms with E-state index in [1.54, 1.807) is 0 Å². The van der Waals surface area contributed by atoms with Gasteiger partial charge in [0.05, 0.1) is 22.6 Å². The minimum absolute atomic E-state index is 0.134. The van der Waals surface area contributed by atoms with E-state index in [-0.39, 0.29) is 17.8 Å². The lowest BCUT2D eigenvalue weighted by Crippen LogP contribution is -2.27. The van der Waals surface area contributed by atoms with Crippen LogP contribution in [0.3, 0.4) is 0 Å². The van der Waals surface area contributed by atoms with Crippen LogP contribution in [0.4, 0.5) is 0 Å². The summed E-state index contributed by atoms with van der Waals surface area (Å²) in [6, 6.07) is 13.6. The first-order valence-electron chi connectivity index (χ1n) is 10.3. The molecule has 1 fully saturated rings. The van der Waals surface area contributed by atoms with E-state index in [4.69, 9.17) is 0 Å². The lowest BCUT2D eigenvalue weighted by molar-refractivity contribution is -0.120. The molecule has 1 atom stereocenters. The van der Waals surface area contributed by atoms with Gasteiger partial charge >= 0.3 is 0 Å². The highest BCUT2D eigenvalue weighted by atomic mass is 16.2. The van der Waals surface area contributed by atoms with E-state index in [9.17, 15) is 9.59 Å². The molecule has 4 aromatic rings. The average molecular weight is 401 g/mol. The number of nitrogens with zero attached hydrogens (tertiary/aromatic N) is 2. The number of amides is 1. The third-order valence-corrected chi connectivity index (χ3v) is 5.99. The Morgan fingerprint density at radius 1 is 1.07 bits per heavy atom. The molecule has 2 aromatic carbocycles. The summed E-state index contributed by atoms with van der Waals surface area (Å²) in [7, 11) is 0. The molecular formula is C23H23N5O2. The molecule has 30 heavy (non-hydrogen) atoms. The summed E-state index contributed by atoms with van der Waals surface area (Å²) in [6.45, 7) is 1.94. The Morgan fingerprint density at radius 2 is 1.77 bits per heavy atom. The fourth-order valence-corrected chi connectivity index (χ4v) is 4.28. The van der Waals surface area contributed by atoms with Gasteiger partial charge in [0.1, 0.15) is 5.78 Å². The fourth-order valence-electron chi connectivity index (χ4n) is 4.28. The molecule has 3 N–H and O–H groups in total. The average Bonchev–Trinajstić information content (AvgIpc) is 3.37. The molecule has 2 heterocycles. The van der Waals surface area contributed by atoms with E-state index in [1.165, 1.54) is 0 Å². The smallest absolute Gasteiger partial charge is 0.289 e. The molecule has 0 bridgehead atoms. The number of Topliss-reactive ketones (excluding diaryl/α,β-unsaturated/α-hetero) is 1. The van der Waals surface area contributed by atoms with Gasteiger partial charge in [0.2, 0.25) is 5.82 Å². The summed E-state index contributed by atoms with van der Waals surface area (Å²) >= 11 is 0. The number of benzene rings is 2. The van der Waals surface area contributed by atoms with Gasteiger partial charge in [-0.05, 0) is 37.5 Å². The zero-order valence-corrected chi connectivity index (χ0v) is 16.7. The molecule has 7 nitrogen and oxygen atoms in total. The SMILES string of the molecule is C[C@@H](NC(=O)c1nc2cc3[nH][nH]c(C4CCC(=O)CC4)c3cc2n1)c1ccccc1. The van der Waals surface area contributed by atoms with E-state index in [1.807, 2.05) is 49.4 Å². The second-order valence-corrected chi connectivity index (χ2v) is 8.02. The van der Waals surface area contributed by atoms with Crippen molar-refractivity contribution >= 4 is 33.6 Å². The van der Waals surface area contributed by atoms with Gasteiger partial charge in [0.25, 0.3) is 5.91 Å². The van der Waals surface area contributed by atoms with Gasteiger partial charge in [-0.3, -0.25) is 9.59 Å². The number of hydrogen-bond donors (Lipinski definition) is 3. The van der Waals surface area contributed by atoms with Crippen LogP contribution in [0.2, 0.25) is 0 Å². The normalized spacial score (nSPS) is 16.2. The molecule has 0 spiro atoms. The number of imidazole rings is 1. The molecule has 7 heteroatoms. The number of ketones is 1. The number of H-pyrrole nitrogens is 2. The van der Waals surface area contributed by atoms with Gasteiger partial charge in [0, 0.05) is 29.8 Å². The van der Waals surface area contributed by atoms with Crippen molar-refractivity contribution in [3.8, 4) is 0 Å². The van der Waals surface area contributed by atoms with Crippen LogP contribution in [-0.4, -0.2) is 31.9 Å². The van der Waals surface area contributed by atoms with Crippen LogP contribution >= 0.6 is 0 Å². The zero-order valence-electron chi connectivity index (χ0n) is 16.7. The lowest BCUT2D eigenvalue weighted by atomic mass is 9.85. The van der Waals surface area contributed by atoms with Crippen molar-refractivity contribution in [2.45, 2.75) is 44.6 Å². The van der Waals surface area contributed by atoms with Crippen LogP contribution in [0, 0.1) is 0 Å². The highest BCUT2D eigenvalue weighted by Gasteiger charge is 2.24. The van der Waals surface area contributed by atoms with Gasteiger partial charge in [-0.1, -0.05) is 30.3 Å². The number of hydrogen-bond acceptors (Lipinski definition) is 4.